The fourth-order valence-corrected chi connectivity index (χ4v) is 7.31. The van der Waals surface area contributed by atoms with Crippen molar-refractivity contribution >= 4 is 17.9 Å². The third kappa shape index (κ3) is 48.1. The predicted octanol–water partition coefficient (Wildman–Crippen LogP) is 17.3. The van der Waals surface area contributed by atoms with Gasteiger partial charge in [-0.25, -0.2) is 0 Å². The van der Waals surface area contributed by atoms with E-state index in [1.807, 2.05) is 0 Å². The number of hydrogen-bond donors (Lipinski definition) is 0. The Morgan fingerprint density at radius 1 is 0.339 bits per heavy atom. The van der Waals surface area contributed by atoms with Gasteiger partial charge < -0.3 is 14.2 Å². The number of esters is 3. The van der Waals surface area contributed by atoms with Gasteiger partial charge in [0.2, 0.25) is 0 Å². The van der Waals surface area contributed by atoms with E-state index in [2.05, 4.69) is 81.5 Å². The molecule has 1 atom stereocenters. The summed E-state index contributed by atoms with van der Waals surface area (Å²) in [4.78, 5) is 38.0. The minimum atomic E-state index is -0.793. The Balaban J connectivity index is 4.39. The number of carbonyl (C=O) groups excluding carboxylic acids is 3. The van der Waals surface area contributed by atoms with Crippen molar-refractivity contribution in [3.63, 3.8) is 0 Å². The molecule has 6 heteroatoms. The SMILES string of the molecule is CC\C=C/C=C\C=C/CCCCCCCC(=O)OC(COC(=O)CCCCC/C=C\CCCCCCCC)COC(=O)CCCCCCC/C=C\CCCCCCCCCCC. The lowest BCUT2D eigenvalue weighted by atomic mass is 10.1. The minimum Gasteiger partial charge on any atom is -0.462 e. The molecule has 0 bridgehead atoms. The van der Waals surface area contributed by atoms with E-state index in [1.165, 1.54) is 116 Å². The molecule has 0 rings (SSSR count). The molecule has 6 nitrogen and oxygen atoms in total. The molecule has 0 saturated heterocycles. The van der Waals surface area contributed by atoms with Gasteiger partial charge in [0.25, 0.3) is 0 Å². The first-order valence-electron chi connectivity index (χ1n) is 26.3. The zero-order valence-corrected chi connectivity index (χ0v) is 40.9. The van der Waals surface area contributed by atoms with Crippen LogP contribution in [0.3, 0.4) is 0 Å². The van der Waals surface area contributed by atoms with Crippen molar-refractivity contribution in [2.45, 2.75) is 264 Å². The maximum Gasteiger partial charge on any atom is 0.306 e. The fraction of sp³-hybridized carbons (Fsp3) is 0.768. The van der Waals surface area contributed by atoms with E-state index in [1.54, 1.807) is 0 Å². The quantitative estimate of drug-likeness (QED) is 0.0199. The first kappa shape index (κ1) is 59.1. The second kappa shape index (κ2) is 50.8. The molecule has 0 aliphatic carbocycles. The van der Waals surface area contributed by atoms with Gasteiger partial charge >= 0.3 is 17.9 Å². The van der Waals surface area contributed by atoms with Gasteiger partial charge in [-0.1, -0.05) is 210 Å². The van der Waals surface area contributed by atoms with Crippen molar-refractivity contribution in [3.8, 4) is 0 Å². The summed E-state index contributed by atoms with van der Waals surface area (Å²) < 4.78 is 16.8. The zero-order valence-electron chi connectivity index (χ0n) is 40.9. The summed E-state index contributed by atoms with van der Waals surface area (Å²) in [6.45, 7) is 6.47. The van der Waals surface area contributed by atoms with E-state index in [4.69, 9.17) is 14.2 Å². The van der Waals surface area contributed by atoms with E-state index < -0.39 is 6.10 Å². The van der Waals surface area contributed by atoms with Crippen molar-refractivity contribution in [1.82, 2.24) is 0 Å². The van der Waals surface area contributed by atoms with Gasteiger partial charge in [0, 0.05) is 19.3 Å². The second-order valence-electron chi connectivity index (χ2n) is 17.5. The van der Waals surface area contributed by atoms with Crippen LogP contribution >= 0.6 is 0 Å². The monoisotopic (exact) mass is 867 g/mol. The number of allylic oxidation sites excluding steroid dienone is 10. The molecule has 0 fully saturated rings. The summed E-state index contributed by atoms with van der Waals surface area (Å²) in [5, 5.41) is 0. The predicted molar refractivity (Wildman–Crippen MR) is 265 cm³/mol. The Bertz CT molecular complexity index is 1130. The number of carbonyl (C=O) groups is 3. The fourth-order valence-electron chi connectivity index (χ4n) is 7.31. The second-order valence-corrected chi connectivity index (χ2v) is 17.5. The molecule has 0 aromatic rings. The molecule has 0 amide bonds. The average molecular weight is 867 g/mol. The van der Waals surface area contributed by atoms with Crippen molar-refractivity contribution in [2.75, 3.05) is 13.2 Å². The van der Waals surface area contributed by atoms with Gasteiger partial charge in [-0.15, -0.1) is 0 Å². The molecule has 0 N–H and O–H groups in total. The van der Waals surface area contributed by atoms with Gasteiger partial charge in [0.15, 0.2) is 6.10 Å². The van der Waals surface area contributed by atoms with Crippen LogP contribution in [0.5, 0.6) is 0 Å². The maximum atomic E-state index is 12.8. The highest BCUT2D eigenvalue weighted by atomic mass is 16.6. The number of ether oxygens (including phenoxy) is 3. The van der Waals surface area contributed by atoms with E-state index in [0.29, 0.717) is 19.3 Å². The van der Waals surface area contributed by atoms with Crippen LogP contribution in [0.1, 0.15) is 258 Å². The average Bonchev–Trinajstić information content (AvgIpc) is 3.27. The summed E-state index contributed by atoms with van der Waals surface area (Å²) in [5.41, 5.74) is 0. The summed E-state index contributed by atoms with van der Waals surface area (Å²) in [6, 6.07) is 0. The van der Waals surface area contributed by atoms with Gasteiger partial charge in [0.1, 0.15) is 13.2 Å². The molecule has 358 valence electrons. The Kier molecular flexibility index (Phi) is 48.4. The van der Waals surface area contributed by atoms with Crippen molar-refractivity contribution in [2.24, 2.45) is 0 Å². The molecule has 0 radical (unpaired) electrons. The Morgan fingerprint density at radius 3 is 1.03 bits per heavy atom. The van der Waals surface area contributed by atoms with Crippen molar-refractivity contribution < 1.29 is 28.6 Å². The lowest BCUT2D eigenvalue weighted by Gasteiger charge is -2.18. The van der Waals surface area contributed by atoms with Crippen LogP contribution in [0.25, 0.3) is 0 Å². The maximum absolute atomic E-state index is 12.8. The number of rotatable bonds is 47. The van der Waals surface area contributed by atoms with Crippen molar-refractivity contribution in [3.05, 3.63) is 60.8 Å². The lowest BCUT2D eigenvalue weighted by Crippen LogP contribution is -2.30. The molecule has 1 unspecified atom stereocenters. The topological polar surface area (TPSA) is 78.9 Å². The molecule has 0 aliphatic rings. The van der Waals surface area contributed by atoms with Crippen molar-refractivity contribution in [1.29, 1.82) is 0 Å². The van der Waals surface area contributed by atoms with Crippen LogP contribution in [0.2, 0.25) is 0 Å². The number of hydrogen-bond acceptors (Lipinski definition) is 6. The standard InChI is InChI=1S/C56H98O6/c1-4-7-10-13-16-19-22-25-26-27-28-29-32-34-37-40-43-46-49-55(58)61-52-53(62-56(59)50-47-44-41-38-35-31-24-21-18-15-12-9-6-3)51-60-54(57)48-45-42-39-36-33-30-23-20-17-14-11-8-5-2/h9,12,15,18,21,24,28-30,33,53H,4-8,10-11,13-14,16-17,19-20,22-23,25-27,31-32,34-52H2,1-3H3/b12-9-,18-15-,24-21-,29-28-,33-30-. The zero-order chi connectivity index (χ0) is 45.1. The smallest absolute Gasteiger partial charge is 0.306 e. The van der Waals surface area contributed by atoms with Crippen LogP contribution < -0.4 is 0 Å². The molecule has 0 saturated carbocycles. The van der Waals surface area contributed by atoms with Gasteiger partial charge in [-0.3, -0.25) is 14.4 Å². The normalized spacial score (nSPS) is 12.5. The molecule has 0 heterocycles. The first-order chi connectivity index (χ1) is 30.5. The van der Waals surface area contributed by atoms with E-state index in [9.17, 15) is 14.4 Å². The summed E-state index contributed by atoms with van der Waals surface area (Å²) in [7, 11) is 0. The van der Waals surface area contributed by atoms with Gasteiger partial charge in [-0.2, -0.15) is 0 Å². The van der Waals surface area contributed by atoms with Crippen LogP contribution in [-0.4, -0.2) is 37.2 Å². The molecular weight excluding hydrogens is 769 g/mol. The van der Waals surface area contributed by atoms with E-state index in [-0.39, 0.29) is 31.1 Å². The molecule has 0 aliphatic heterocycles. The third-order valence-corrected chi connectivity index (χ3v) is 11.3. The highest BCUT2D eigenvalue weighted by Crippen LogP contribution is 2.14. The molecule has 0 aromatic heterocycles. The van der Waals surface area contributed by atoms with E-state index in [0.717, 1.165) is 103 Å². The first-order valence-corrected chi connectivity index (χ1v) is 26.3. The van der Waals surface area contributed by atoms with Crippen LogP contribution in [0.15, 0.2) is 60.8 Å². The van der Waals surface area contributed by atoms with Gasteiger partial charge in [0.05, 0.1) is 0 Å². The van der Waals surface area contributed by atoms with Crippen LogP contribution in [0, 0.1) is 0 Å². The summed E-state index contributed by atoms with van der Waals surface area (Å²) >= 11 is 0. The number of unbranched alkanes of at least 4 members (excludes halogenated alkanes) is 28. The molecule has 62 heavy (non-hydrogen) atoms. The Labute approximate surface area is 383 Å². The third-order valence-electron chi connectivity index (χ3n) is 11.3. The largest absolute Gasteiger partial charge is 0.462 e. The Morgan fingerprint density at radius 2 is 0.645 bits per heavy atom. The summed E-state index contributed by atoms with van der Waals surface area (Å²) in [5.74, 6) is -0.932. The summed E-state index contributed by atoms with van der Waals surface area (Å²) in [6.07, 6.45) is 62.1. The molecular formula is C56H98O6. The lowest BCUT2D eigenvalue weighted by molar-refractivity contribution is -0.167. The van der Waals surface area contributed by atoms with Gasteiger partial charge in [-0.05, 0) is 89.9 Å². The van der Waals surface area contributed by atoms with Crippen LogP contribution in [0.4, 0.5) is 0 Å². The minimum absolute atomic E-state index is 0.0914. The highest BCUT2D eigenvalue weighted by molar-refractivity contribution is 5.71. The molecule has 0 spiro atoms. The molecule has 0 aromatic carbocycles. The Hall–Kier alpha value is -2.89. The van der Waals surface area contributed by atoms with Crippen LogP contribution in [-0.2, 0) is 28.6 Å². The van der Waals surface area contributed by atoms with E-state index >= 15 is 0 Å². The highest BCUT2D eigenvalue weighted by Gasteiger charge is 2.19.